The molecular formula is C10H15N3O3S. The molecule has 0 aliphatic rings. The van der Waals surface area contributed by atoms with Crippen molar-refractivity contribution in [3.8, 4) is 0 Å². The van der Waals surface area contributed by atoms with E-state index in [1.165, 1.54) is 6.07 Å². The highest BCUT2D eigenvalue weighted by molar-refractivity contribution is 7.84. The van der Waals surface area contributed by atoms with Crippen molar-refractivity contribution in [2.24, 2.45) is 0 Å². The van der Waals surface area contributed by atoms with Gasteiger partial charge in [-0.1, -0.05) is 0 Å². The molecule has 2 atom stereocenters. The summed E-state index contributed by atoms with van der Waals surface area (Å²) in [7, 11) is -0.923. The molecule has 2 unspecified atom stereocenters. The molecule has 0 spiro atoms. The molecule has 0 aliphatic carbocycles. The van der Waals surface area contributed by atoms with Gasteiger partial charge < -0.3 is 10.4 Å². The van der Waals surface area contributed by atoms with Crippen molar-refractivity contribution < 1.29 is 14.1 Å². The number of aromatic carboxylic acids is 1. The van der Waals surface area contributed by atoms with E-state index in [2.05, 4.69) is 15.3 Å². The van der Waals surface area contributed by atoms with E-state index in [1.807, 2.05) is 6.92 Å². The minimum Gasteiger partial charge on any atom is -0.477 e. The third-order valence-electron chi connectivity index (χ3n) is 1.93. The van der Waals surface area contributed by atoms with Gasteiger partial charge in [-0.2, -0.15) is 0 Å². The van der Waals surface area contributed by atoms with Gasteiger partial charge >= 0.3 is 5.97 Å². The first-order valence-corrected chi connectivity index (χ1v) is 6.76. The lowest BCUT2D eigenvalue weighted by molar-refractivity contribution is 0.0690. The smallest absolute Gasteiger partial charge is 0.354 e. The molecule has 1 rings (SSSR count). The maximum absolute atomic E-state index is 11.0. The summed E-state index contributed by atoms with van der Waals surface area (Å²) in [6, 6.07) is 1.32. The molecule has 17 heavy (non-hydrogen) atoms. The monoisotopic (exact) mass is 257 g/mol. The van der Waals surface area contributed by atoms with Crippen molar-refractivity contribution in [3.63, 3.8) is 0 Å². The van der Waals surface area contributed by atoms with Gasteiger partial charge in [-0.05, 0) is 19.9 Å². The van der Waals surface area contributed by atoms with Gasteiger partial charge in [0.15, 0.2) is 5.69 Å². The molecule has 0 amide bonds. The van der Waals surface area contributed by atoms with Crippen LogP contribution >= 0.6 is 0 Å². The molecule has 0 saturated heterocycles. The second-order valence-corrected chi connectivity index (χ2v) is 5.29. The molecule has 2 N–H and O–H groups in total. The van der Waals surface area contributed by atoms with Crippen molar-refractivity contribution in [1.82, 2.24) is 9.97 Å². The van der Waals surface area contributed by atoms with E-state index in [-0.39, 0.29) is 17.7 Å². The van der Waals surface area contributed by atoms with Gasteiger partial charge in [-0.25, -0.2) is 14.8 Å². The summed E-state index contributed by atoms with van der Waals surface area (Å²) in [5, 5.41) is 11.8. The normalized spacial score (nSPS) is 14.1. The minimum atomic E-state index is -1.09. The SMILES string of the molecule is Cc1cc(C(=O)O)nc(NC(C)CS(C)=O)n1. The summed E-state index contributed by atoms with van der Waals surface area (Å²) >= 11 is 0. The van der Waals surface area contributed by atoms with E-state index in [9.17, 15) is 9.00 Å². The van der Waals surface area contributed by atoms with Crippen LogP contribution in [0.1, 0.15) is 23.1 Å². The van der Waals surface area contributed by atoms with E-state index in [0.29, 0.717) is 11.4 Å². The maximum Gasteiger partial charge on any atom is 0.354 e. The molecule has 0 bridgehead atoms. The average molecular weight is 257 g/mol. The van der Waals surface area contributed by atoms with Crippen molar-refractivity contribution in [2.75, 3.05) is 17.3 Å². The van der Waals surface area contributed by atoms with Crippen molar-refractivity contribution in [1.29, 1.82) is 0 Å². The Morgan fingerprint density at radius 2 is 2.24 bits per heavy atom. The summed E-state index contributed by atoms with van der Waals surface area (Å²) in [4.78, 5) is 18.7. The molecule has 0 saturated carbocycles. The van der Waals surface area contributed by atoms with Crippen LogP contribution < -0.4 is 5.32 Å². The van der Waals surface area contributed by atoms with E-state index in [0.717, 1.165) is 0 Å². The predicted octanol–water partition coefficient (Wildman–Crippen LogP) is 0.662. The van der Waals surface area contributed by atoms with Gasteiger partial charge in [-0.15, -0.1) is 0 Å². The lowest BCUT2D eigenvalue weighted by Gasteiger charge is -2.12. The number of carbonyl (C=O) groups is 1. The molecule has 0 radical (unpaired) electrons. The first-order chi connectivity index (χ1) is 7.88. The fourth-order valence-electron chi connectivity index (χ4n) is 1.36. The molecule has 1 aromatic heterocycles. The van der Waals surface area contributed by atoms with Crippen molar-refractivity contribution >= 4 is 22.7 Å². The number of nitrogens with zero attached hydrogens (tertiary/aromatic N) is 2. The Morgan fingerprint density at radius 1 is 1.59 bits per heavy atom. The first kappa shape index (κ1) is 13.6. The predicted molar refractivity (Wildman–Crippen MR) is 65.7 cm³/mol. The summed E-state index contributed by atoms with van der Waals surface area (Å²) in [5.74, 6) is -0.384. The zero-order valence-electron chi connectivity index (χ0n) is 9.93. The number of hydrogen-bond acceptors (Lipinski definition) is 5. The second-order valence-electron chi connectivity index (χ2n) is 3.81. The highest BCUT2D eigenvalue weighted by Crippen LogP contribution is 2.06. The van der Waals surface area contributed by atoms with Gasteiger partial charge in [-0.3, -0.25) is 4.21 Å². The minimum absolute atomic E-state index is 0.0511. The molecule has 0 aliphatic heterocycles. The number of nitrogens with one attached hydrogen (secondary N) is 1. The van der Waals surface area contributed by atoms with Crippen molar-refractivity contribution in [2.45, 2.75) is 19.9 Å². The van der Waals surface area contributed by atoms with Gasteiger partial charge in [0.1, 0.15) is 0 Å². The van der Waals surface area contributed by atoms with E-state index in [4.69, 9.17) is 5.11 Å². The number of carboxylic acids is 1. The van der Waals surface area contributed by atoms with Crippen LogP contribution in [-0.4, -0.2) is 43.3 Å². The Hall–Kier alpha value is -1.50. The van der Waals surface area contributed by atoms with Crippen LogP contribution in [0.2, 0.25) is 0 Å². The Labute approximate surface area is 102 Å². The van der Waals surface area contributed by atoms with Crippen LogP contribution in [-0.2, 0) is 10.8 Å². The van der Waals surface area contributed by atoms with Gasteiger partial charge in [0.25, 0.3) is 0 Å². The standard InChI is InChI=1S/C10H15N3O3S/c1-6-4-8(9(14)15)13-10(11-6)12-7(2)5-17(3)16/h4,7H,5H2,1-3H3,(H,14,15)(H,11,12,13). The number of hydrogen-bond donors (Lipinski definition) is 2. The summed E-state index contributed by atoms with van der Waals surface area (Å²) < 4.78 is 11.0. The van der Waals surface area contributed by atoms with Gasteiger partial charge in [0.2, 0.25) is 5.95 Å². The number of carboxylic acid groups (broad SMARTS) is 1. The van der Waals surface area contributed by atoms with Crippen LogP contribution in [0.5, 0.6) is 0 Å². The third-order valence-corrected chi connectivity index (χ3v) is 2.90. The molecular weight excluding hydrogens is 242 g/mol. The first-order valence-electron chi connectivity index (χ1n) is 5.04. The topological polar surface area (TPSA) is 92.2 Å². The van der Waals surface area contributed by atoms with Crippen LogP contribution in [0.15, 0.2) is 6.07 Å². The second kappa shape index (κ2) is 5.72. The fourth-order valence-corrected chi connectivity index (χ4v) is 2.14. The molecule has 94 valence electrons. The molecule has 1 aromatic rings. The van der Waals surface area contributed by atoms with Crippen molar-refractivity contribution in [3.05, 3.63) is 17.5 Å². The van der Waals surface area contributed by atoms with Gasteiger partial charge in [0, 0.05) is 34.5 Å². The highest BCUT2D eigenvalue weighted by Gasteiger charge is 2.11. The lowest BCUT2D eigenvalue weighted by Crippen LogP contribution is -2.24. The number of rotatable bonds is 5. The van der Waals surface area contributed by atoms with E-state index >= 15 is 0 Å². The largest absolute Gasteiger partial charge is 0.477 e. The molecule has 1 heterocycles. The number of aryl methyl sites for hydroxylation is 1. The number of anilines is 1. The Kier molecular flexibility index (Phi) is 4.56. The van der Waals surface area contributed by atoms with E-state index in [1.54, 1.807) is 13.2 Å². The molecule has 7 heteroatoms. The summed E-state index contributed by atoms with van der Waals surface area (Å²) in [6.07, 6.45) is 1.61. The maximum atomic E-state index is 11.0. The van der Waals surface area contributed by atoms with Crippen LogP contribution in [0.4, 0.5) is 5.95 Å². The average Bonchev–Trinajstić information content (AvgIpc) is 2.14. The summed E-state index contributed by atoms with van der Waals surface area (Å²) in [5.41, 5.74) is 0.523. The molecule has 0 aromatic carbocycles. The highest BCUT2D eigenvalue weighted by atomic mass is 32.2. The third kappa shape index (κ3) is 4.48. The fraction of sp³-hybridized carbons (Fsp3) is 0.500. The Morgan fingerprint density at radius 3 is 2.76 bits per heavy atom. The van der Waals surface area contributed by atoms with Crippen LogP contribution in [0.25, 0.3) is 0 Å². The Balaban J connectivity index is 2.84. The molecule has 6 nitrogen and oxygen atoms in total. The summed E-state index contributed by atoms with van der Waals surface area (Å²) in [6.45, 7) is 3.54. The van der Waals surface area contributed by atoms with Crippen LogP contribution in [0, 0.1) is 6.92 Å². The van der Waals surface area contributed by atoms with E-state index < -0.39 is 16.8 Å². The Bertz CT molecular complexity index is 450. The number of aromatic nitrogens is 2. The zero-order valence-corrected chi connectivity index (χ0v) is 10.7. The quantitative estimate of drug-likeness (QED) is 0.805. The lowest BCUT2D eigenvalue weighted by atomic mass is 10.3. The molecule has 0 fully saturated rings. The van der Waals surface area contributed by atoms with Crippen LogP contribution in [0.3, 0.4) is 0 Å². The zero-order chi connectivity index (χ0) is 13.0. The van der Waals surface area contributed by atoms with Gasteiger partial charge in [0.05, 0.1) is 0 Å².